The van der Waals surface area contributed by atoms with Gasteiger partial charge in [-0.3, -0.25) is 25.6 Å². The number of hydrogen-bond donors (Lipinski definition) is 2. The highest BCUT2D eigenvalue weighted by molar-refractivity contribution is 6.31. The third-order valence-corrected chi connectivity index (χ3v) is 3.26. The lowest BCUT2D eigenvalue weighted by Gasteiger charge is -2.10. The molecule has 3 rings (SSSR count). The molecule has 0 saturated carbocycles. The molecule has 0 unspecified atom stereocenters. The molecular weight excluding hydrogens is 302 g/mol. The summed E-state index contributed by atoms with van der Waals surface area (Å²) >= 11 is 5.95. The molecule has 0 aliphatic carbocycles. The Morgan fingerprint density at radius 2 is 2.00 bits per heavy atom. The molecule has 0 fully saturated rings. The number of hydrogen-bond acceptors (Lipinski definition) is 5. The SMILES string of the molecule is Cc1cnc(C(=O)NNc2ccnc3cc(Cl)ccc23)cn1. The molecule has 22 heavy (non-hydrogen) atoms. The molecule has 1 amide bonds. The van der Waals surface area contributed by atoms with Gasteiger partial charge in [0.15, 0.2) is 0 Å². The van der Waals surface area contributed by atoms with Crippen LogP contribution in [0.3, 0.4) is 0 Å². The first kappa shape index (κ1) is 14.2. The molecule has 0 saturated heterocycles. The number of halogens is 1. The summed E-state index contributed by atoms with van der Waals surface area (Å²) in [6.07, 6.45) is 4.61. The van der Waals surface area contributed by atoms with E-state index in [0.717, 1.165) is 22.3 Å². The van der Waals surface area contributed by atoms with Crippen molar-refractivity contribution in [1.29, 1.82) is 0 Å². The molecule has 110 valence electrons. The summed E-state index contributed by atoms with van der Waals surface area (Å²) < 4.78 is 0. The van der Waals surface area contributed by atoms with Crippen molar-refractivity contribution in [3.05, 3.63) is 59.3 Å². The standard InChI is InChI=1S/C15H12ClN5O/c1-9-7-19-14(8-18-9)15(22)21-20-12-4-5-17-13-6-10(16)2-3-11(12)13/h2-8H,1H3,(H,17,20)(H,21,22). The van der Waals surface area contributed by atoms with Crippen LogP contribution < -0.4 is 10.9 Å². The van der Waals surface area contributed by atoms with E-state index in [1.54, 1.807) is 37.5 Å². The summed E-state index contributed by atoms with van der Waals surface area (Å²) in [6, 6.07) is 7.13. The van der Waals surface area contributed by atoms with Crippen molar-refractivity contribution in [2.45, 2.75) is 6.92 Å². The highest BCUT2D eigenvalue weighted by Gasteiger charge is 2.08. The third kappa shape index (κ3) is 2.96. The zero-order valence-electron chi connectivity index (χ0n) is 11.7. The van der Waals surface area contributed by atoms with Crippen LogP contribution in [-0.2, 0) is 0 Å². The molecule has 6 nitrogen and oxygen atoms in total. The van der Waals surface area contributed by atoms with Gasteiger partial charge in [0.1, 0.15) is 5.69 Å². The molecule has 1 aromatic carbocycles. The maximum atomic E-state index is 12.0. The lowest BCUT2D eigenvalue weighted by atomic mass is 10.2. The fourth-order valence-corrected chi connectivity index (χ4v) is 2.09. The molecule has 7 heteroatoms. The Hall–Kier alpha value is -2.73. The van der Waals surface area contributed by atoms with Crippen LogP contribution in [0, 0.1) is 6.92 Å². The molecule has 0 aliphatic rings. The molecule has 0 spiro atoms. The van der Waals surface area contributed by atoms with Gasteiger partial charge in [-0.05, 0) is 31.2 Å². The summed E-state index contributed by atoms with van der Waals surface area (Å²) in [4.78, 5) is 24.3. The van der Waals surface area contributed by atoms with Crippen LogP contribution in [0.5, 0.6) is 0 Å². The summed E-state index contributed by atoms with van der Waals surface area (Å²) in [6.45, 7) is 1.81. The minimum atomic E-state index is -0.369. The van der Waals surface area contributed by atoms with E-state index in [1.807, 2.05) is 6.07 Å². The first-order valence-electron chi connectivity index (χ1n) is 6.53. The van der Waals surface area contributed by atoms with E-state index in [2.05, 4.69) is 25.8 Å². The van der Waals surface area contributed by atoms with E-state index < -0.39 is 0 Å². The molecule has 0 bridgehead atoms. The lowest BCUT2D eigenvalue weighted by molar-refractivity contribution is 0.0957. The van der Waals surface area contributed by atoms with Gasteiger partial charge in [0, 0.05) is 22.8 Å². The number of aryl methyl sites for hydroxylation is 1. The van der Waals surface area contributed by atoms with Crippen LogP contribution in [0.15, 0.2) is 42.9 Å². The fourth-order valence-electron chi connectivity index (χ4n) is 1.93. The number of amides is 1. The number of carbonyl (C=O) groups is 1. The Morgan fingerprint density at radius 3 is 2.77 bits per heavy atom. The van der Waals surface area contributed by atoms with Crippen LogP contribution in [0.25, 0.3) is 10.9 Å². The maximum absolute atomic E-state index is 12.0. The number of aromatic nitrogens is 3. The molecular formula is C15H12ClN5O. The van der Waals surface area contributed by atoms with Crippen molar-refractivity contribution < 1.29 is 4.79 Å². The number of carbonyl (C=O) groups excluding carboxylic acids is 1. The largest absolute Gasteiger partial charge is 0.298 e. The van der Waals surface area contributed by atoms with Gasteiger partial charge in [-0.15, -0.1) is 0 Å². The molecule has 0 radical (unpaired) electrons. The number of benzene rings is 1. The van der Waals surface area contributed by atoms with Gasteiger partial charge in [0.05, 0.1) is 23.1 Å². The molecule has 2 N–H and O–H groups in total. The fraction of sp³-hybridized carbons (Fsp3) is 0.0667. The van der Waals surface area contributed by atoms with Crippen molar-refractivity contribution in [3.63, 3.8) is 0 Å². The van der Waals surface area contributed by atoms with Crippen molar-refractivity contribution in [2.75, 3.05) is 5.43 Å². The van der Waals surface area contributed by atoms with E-state index in [9.17, 15) is 4.79 Å². The van der Waals surface area contributed by atoms with E-state index in [-0.39, 0.29) is 11.6 Å². The molecule has 2 aromatic heterocycles. The Bertz CT molecular complexity index is 835. The monoisotopic (exact) mass is 313 g/mol. The highest BCUT2D eigenvalue weighted by atomic mass is 35.5. The van der Waals surface area contributed by atoms with E-state index >= 15 is 0 Å². The van der Waals surface area contributed by atoms with E-state index in [4.69, 9.17) is 11.6 Å². The van der Waals surface area contributed by atoms with Crippen LogP contribution in [0.2, 0.25) is 5.02 Å². The van der Waals surface area contributed by atoms with E-state index in [0.29, 0.717) is 5.02 Å². The first-order valence-corrected chi connectivity index (χ1v) is 6.90. The normalized spacial score (nSPS) is 10.5. The Labute approximate surface area is 131 Å². The quantitative estimate of drug-likeness (QED) is 0.727. The molecule has 3 aromatic rings. The number of nitrogens with zero attached hydrogens (tertiary/aromatic N) is 3. The number of rotatable bonds is 3. The Kier molecular flexibility index (Phi) is 3.84. The second kappa shape index (κ2) is 5.95. The molecule has 2 heterocycles. The van der Waals surface area contributed by atoms with Gasteiger partial charge >= 0.3 is 0 Å². The van der Waals surface area contributed by atoms with Gasteiger partial charge in [-0.25, -0.2) is 4.98 Å². The number of nitrogens with one attached hydrogen (secondary N) is 2. The van der Waals surface area contributed by atoms with Crippen LogP contribution >= 0.6 is 11.6 Å². The predicted molar refractivity (Wildman–Crippen MR) is 84.6 cm³/mol. The second-order valence-corrected chi connectivity index (χ2v) is 5.08. The van der Waals surface area contributed by atoms with Gasteiger partial charge in [-0.2, -0.15) is 0 Å². The zero-order valence-corrected chi connectivity index (χ0v) is 12.4. The van der Waals surface area contributed by atoms with Crippen LogP contribution in [-0.4, -0.2) is 20.9 Å². The predicted octanol–water partition coefficient (Wildman–Crippen LogP) is 2.74. The Morgan fingerprint density at radius 1 is 1.14 bits per heavy atom. The molecule has 0 aliphatic heterocycles. The topological polar surface area (TPSA) is 79.8 Å². The minimum absolute atomic E-state index is 0.236. The van der Waals surface area contributed by atoms with Crippen molar-refractivity contribution in [1.82, 2.24) is 20.4 Å². The average Bonchev–Trinajstić information content (AvgIpc) is 2.52. The van der Waals surface area contributed by atoms with Crippen molar-refractivity contribution in [3.8, 4) is 0 Å². The van der Waals surface area contributed by atoms with Gasteiger partial charge < -0.3 is 0 Å². The number of anilines is 1. The minimum Gasteiger partial charge on any atom is -0.298 e. The summed E-state index contributed by atoms with van der Waals surface area (Å²) in [5.74, 6) is -0.369. The summed E-state index contributed by atoms with van der Waals surface area (Å²) in [5, 5.41) is 1.46. The van der Waals surface area contributed by atoms with Crippen LogP contribution in [0.4, 0.5) is 5.69 Å². The van der Waals surface area contributed by atoms with Gasteiger partial charge in [-0.1, -0.05) is 11.6 Å². The number of hydrazine groups is 1. The number of pyridine rings is 1. The number of fused-ring (bicyclic) bond motifs is 1. The zero-order chi connectivity index (χ0) is 15.5. The lowest BCUT2D eigenvalue weighted by Crippen LogP contribution is -2.30. The first-order chi connectivity index (χ1) is 10.6. The second-order valence-electron chi connectivity index (χ2n) is 4.64. The highest BCUT2D eigenvalue weighted by Crippen LogP contribution is 2.23. The third-order valence-electron chi connectivity index (χ3n) is 3.03. The van der Waals surface area contributed by atoms with Crippen LogP contribution in [0.1, 0.15) is 16.2 Å². The maximum Gasteiger partial charge on any atom is 0.289 e. The molecule has 0 atom stereocenters. The van der Waals surface area contributed by atoms with E-state index in [1.165, 1.54) is 6.20 Å². The Balaban J connectivity index is 1.79. The smallest absolute Gasteiger partial charge is 0.289 e. The van der Waals surface area contributed by atoms with Crippen molar-refractivity contribution >= 4 is 34.1 Å². The van der Waals surface area contributed by atoms with Gasteiger partial charge in [0.25, 0.3) is 5.91 Å². The summed E-state index contributed by atoms with van der Waals surface area (Å²) in [5.41, 5.74) is 7.90. The van der Waals surface area contributed by atoms with Crippen molar-refractivity contribution in [2.24, 2.45) is 0 Å². The average molecular weight is 314 g/mol. The van der Waals surface area contributed by atoms with Gasteiger partial charge in [0.2, 0.25) is 0 Å². The summed E-state index contributed by atoms with van der Waals surface area (Å²) in [7, 11) is 0.